The molecule has 3 aromatic rings. The maximum atomic E-state index is 12.9. The Morgan fingerprint density at radius 3 is 2.72 bits per heavy atom. The van der Waals surface area contributed by atoms with Gasteiger partial charge in [0.15, 0.2) is 0 Å². The predicted octanol–water partition coefficient (Wildman–Crippen LogP) is 3.29. The maximum absolute atomic E-state index is 12.9. The molecule has 4 rings (SSSR count). The van der Waals surface area contributed by atoms with Gasteiger partial charge in [-0.3, -0.25) is 9.89 Å². The van der Waals surface area contributed by atoms with Crippen molar-refractivity contribution >= 4 is 11.6 Å². The number of carbonyl (C=O) groups is 1. The van der Waals surface area contributed by atoms with Crippen molar-refractivity contribution in [1.29, 1.82) is 0 Å². The molecule has 1 amide bonds. The number of fused-ring (bicyclic) bond motifs is 1. The van der Waals surface area contributed by atoms with E-state index in [1.807, 2.05) is 61.8 Å². The lowest BCUT2D eigenvalue weighted by Gasteiger charge is -2.28. The van der Waals surface area contributed by atoms with Crippen molar-refractivity contribution in [3.63, 3.8) is 0 Å². The summed E-state index contributed by atoms with van der Waals surface area (Å²) >= 11 is 0. The third kappa shape index (κ3) is 3.01. The first-order valence-corrected chi connectivity index (χ1v) is 8.30. The molecule has 1 aromatic heterocycles. The van der Waals surface area contributed by atoms with Crippen LogP contribution in [0.1, 0.15) is 5.56 Å². The Balaban J connectivity index is 1.49. The van der Waals surface area contributed by atoms with Gasteiger partial charge in [0.25, 0.3) is 0 Å². The monoisotopic (exact) mass is 333 g/mol. The van der Waals surface area contributed by atoms with E-state index in [1.54, 1.807) is 11.1 Å². The Kier molecular flexibility index (Phi) is 3.98. The van der Waals surface area contributed by atoms with E-state index in [0.717, 1.165) is 28.1 Å². The number of benzene rings is 2. The molecule has 0 spiro atoms. The molecule has 2 aromatic carbocycles. The minimum absolute atomic E-state index is 0.0746. The topological polar surface area (TPSA) is 58.2 Å². The molecule has 2 heterocycles. The smallest absolute Gasteiger partial charge is 0.233 e. The van der Waals surface area contributed by atoms with Gasteiger partial charge in [-0.1, -0.05) is 30.3 Å². The molecule has 0 fully saturated rings. The zero-order chi connectivity index (χ0) is 17.2. The van der Waals surface area contributed by atoms with Crippen LogP contribution >= 0.6 is 0 Å². The fraction of sp³-hybridized carbons (Fsp3) is 0.200. The molecule has 5 heteroatoms. The summed E-state index contributed by atoms with van der Waals surface area (Å²) in [5.74, 6) is 0.803. The Bertz CT molecular complexity index is 872. The number of hydrogen-bond donors (Lipinski definition) is 1. The van der Waals surface area contributed by atoms with Crippen LogP contribution in [0.25, 0.3) is 11.1 Å². The number of hydrogen-bond acceptors (Lipinski definition) is 3. The molecule has 1 aliphatic heterocycles. The second-order valence-electron chi connectivity index (χ2n) is 6.25. The van der Waals surface area contributed by atoms with Crippen LogP contribution in [0.5, 0.6) is 5.75 Å². The van der Waals surface area contributed by atoms with Crippen LogP contribution in [0.4, 0.5) is 5.69 Å². The number of aromatic amines is 1. The first-order chi connectivity index (χ1) is 12.2. The number of nitrogens with zero attached hydrogens (tertiary/aromatic N) is 2. The second-order valence-corrected chi connectivity index (χ2v) is 6.25. The average Bonchev–Trinajstić information content (AvgIpc) is 3.21. The van der Waals surface area contributed by atoms with E-state index >= 15 is 0 Å². The number of nitrogens with one attached hydrogen (secondary N) is 1. The number of anilines is 1. The van der Waals surface area contributed by atoms with E-state index in [9.17, 15) is 4.79 Å². The van der Waals surface area contributed by atoms with Crippen LogP contribution in [-0.2, 0) is 11.2 Å². The van der Waals surface area contributed by atoms with E-state index in [0.29, 0.717) is 13.0 Å². The number of aromatic nitrogens is 2. The number of carbonyl (C=O) groups excluding carboxylic acids is 1. The molecule has 1 N–H and O–H groups in total. The lowest BCUT2D eigenvalue weighted by atomic mass is 9.95. The van der Waals surface area contributed by atoms with Crippen LogP contribution in [-0.4, -0.2) is 29.8 Å². The van der Waals surface area contributed by atoms with Gasteiger partial charge in [-0.15, -0.1) is 0 Å². The van der Waals surface area contributed by atoms with Gasteiger partial charge in [0.1, 0.15) is 12.4 Å². The molecule has 0 bridgehead atoms. The Morgan fingerprint density at radius 1 is 1.16 bits per heavy atom. The van der Waals surface area contributed by atoms with E-state index in [4.69, 9.17) is 4.74 Å². The highest BCUT2D eigenvalue weighted by molar-refractivity contribution is 5.95. The molecule has 0 saturated heterocycles. The SMILES string of the molecule is CN(C(=O)C1COc2ccccc2C1)c1ccc(-c2cn[nH]c2)cc1. The van der Waals surface area contributed by atoms with Crippen molar-refractivity contribution in [3.8, 4) is 16.9 Å². The molecular weight excluding hydrogens is 314 g/mol. The van der Waals surface area contributed by atoms with Gasteiger partial charge in [0.05, 0.1) is 12.1 Å². The molecule has 0 radical (unpaired) electrons. The van der Waals surface area contributed by atoms with Crippen molar-refractivity contribution in [1.82, 2.24) is 10.2 Å². The van der Waals surface area contributed by atoms with E-state index in [1.165, 1.54) is 0 Å². The minimum Gasteiger partial charge on any atom is -0.492 e. The van der Waals surface area contributed by atoms with Crippen molar-refractivity contribution < 1.29 is 9.53 Å². The van der Waals surface area contributed by atoms with Gasteiger partial charge in [-0.25, -0.2) is 0 Å². The first kappa shape index (κ1) is 15.4. The number of rotatable bonds is 3. The molecule has 1 atom stereocenters. The summed E-state index contributed by atoms with van der Waals surface area (Å²) < 4.78 is 5.75. The zero-order valence-corrected chi connectivity index (χ0v) is 14.0. The highest BCUT2D eigenvalue weighted by Crippen LogP contribution is 2.29. The standard InChI is InChI=1S/C20H19N3O2/c1-23(18-8-6-14(7-9-18)17-11-21-22-12-17)20(24)16-10-15-4-2-3-5-19(15)25-13-16/h2-9,11-12,16H,10,13H2,1H3,(H,21,22). The molecule has 0 saturated carbocycles. The van der Waals surface area contributed by atoms with Gasteiger partial charge in [0.2, 0.25) is 5.91 Å². The van der Waals surface area contributed by atoms with Crippen LogP contribution in [0.3, 0.4) is 0 Å². The lowest BCUT2D eigenvalue weighted by Crippen LogP contribution is -2.38. The molecule has 0 aliphatic carbocycles. The van der Waals surface area contributed by atoms with E-state index in [2.05, 4.69) is 10.2 Å². The van der Waals surface area contributed by atoms with Crippen molar-refractivity contribution in [3.05, 3.63) is 66.5 Å². The molecular formula is C20H19N3O2. The third-order valence-electron chi connectivity index (χ3n) is 4.64. The van der Waals surface area contributed by atoms with Crippen LogP contribution in [0.2, 0.25) is 0 Å². The highest BCUT2D eigenvalue weighted by atomic mass is 16.5. The summed E-state index contributed by atoms with van der Waals surface area (Å²) in [6.45, 7) is 0.424. The largest absolute Gasteiger partial charge is 0.492 e. The fourth-order valence-electron chi connectivity index (χ4n) is 3.17. The normalized spacial score (nSPS) is 16.0. The molecule has 25 heavy (non-hydrogen) atoms. The van der Waals surface area contributed by atoms with Gasteiger partial charge < -0.3 is 9.64 Å². The van der Waals surface area contributed by atoms with Gasteiger partial charge in [-0.2, -0.15) is 5.10 Å². The third-order valence-corrected chi connectivity index (χ3v) is 4.64. The van der Waals surface area contributed by atoms with Gasteiger partial charge in [-0.05, 0) is 35.7 Å². The molecule has 1 aliphatic rings. The van der Waals surface area contributed by atoms with Gasteiger partial charge in [0, 0.05) is 24.5 Å². The summed E-state index contributed by atoms with van der Waals surface area (Å²) in [6.07, 6.45) is 4.34. The summed E-state index contributed by atoms with van der Waals surface area (Å²) in [5, 5.41) is 6.77. The molecule has 1 unspecified atom stereocenters. The fourth-order valence-corrected chi connectivity index (χ4v) is 3.17. The van der Waals surface area contributed by atoms with E-state index < -0.39 is 0 Å². The maximum Gasteiger partial charge on any atom is 0.233 e. The Labute approximate surface area is 146 Å². The first-order valence-electron chi connectivity index (χ1n) is 8.30. The summed E-state index contributed by atoms with van der Waals surface area (Å²) in [4.78, 5) is 14.6. The highest BCUT2D eigenvalue weighted by Gasteiger charge is 2.28. The average molecular weight is 333 g/mol. The summed E-state index contributed by atoms with van der Waals surface area (Å²) in [5.41, 5.74) is 4.05. The lowest BCUT2D eigenvalue weighted by molar-refractivity contribution is -0.123. The Morgan fingerprint density at radius 2 is 1.96 bits per heavy atom. The number of H-pyrrole nitrogens is 1. The summed E-state index contributed by atoms with van der Waals surface area (Å²) in [7, 11) is 1.82. The van der Waals surface area contributed by atoms with Crippen LogP contribution in [0, 0.1) is 5.92 Å². The van der Waals surface area contributed by atoms with Crippen LogP contribution in [0.15, 0.2) is 60.9 Å². The number of para-hydroxylation sites is 1. The second kappa shape index (κ2) is 6.43. The van der Waals surface area contributed by atoms with E-state index in [-0.39, 0.29) is 11.8 Å². The van der Waals surface area contributed by atoms with Gasteiger partial charge >= 0.3 is 0 Å². The minimum atomic E-state index is -0.159. The quantitative estimate of drug-likeness (QED) is 0.800. The van der Waals surface area contributed by atoms with Crippen molar-refractivity contribution in [2.75, 3.05) is 18.6 Å². The summed E-state index contributed by atoms with van der Waals surface area (Å²) in [6, 6.07) is 15.8. The predicted molar refractivity (Wildman–Crippen MR) is 96.6 cm³/mol. The molecule has 126 valence electrons. The number of ether oxygens (including phenoxy) is 1. The zero-order valence-electron chi connectivity index (χ0n) is 14.0. The molecule has 5 nitrogen and oxygen atoms in total. The Hall–Kier alpha value is -3.08. The van der Waals surface area contributed by atoms with Crippen LogP contribution < -0.4 is 9.64 Å². The number of amides is 1. The van der Waals surface area contributed by atoms with Crippen molar-refractivity contribution in [2.24, 2.45) is 5.92 Å². The van der Waals surface area contributed by atoms with Crippen molar-refractivity contribution in [2.45, 2.75) is 6.42 Å².